The van der Waals surface area contributed by atoms with E-state index in [2.05, 4.69) is 0 Å². The molecule has 0 aliphatic heterocycles. The fraction of sp³-hybridized carbons (Fsp3) is 1.00. The number of hydrogen-bond acceptors (Lipinski definition) is 5. The van der Waals surface area contributed by atoms with Crippen molar-refractivity contribution in [2.75, 3.05) is 23.8 Å². The molecular weight excluding hydrogens is 250 g/mol. The molecule has 0 spiro atoms. The van der Waals surface area contributed by atoms with Gasteiger partial charge in [0.1, 0.15) is 0 Å². The summed E-state index contributed by atoms with van der Waals surface area (Å²) in [5.74, 6) is -0.786. The smallest absolute Gasteiger partial charge is 0.153 e. The third-order valence-electron chi connectivity index (χ3n) is 2.34. The number of hydrogen-bond donors (Lipinski definition) is 1. The molecule has 0 aliphatic rings. The SMILES string of the molecule is CC(CN)CS(=O)(=O)CCS(=O)(=O)C(C)C. The molecule has 0 saturated heterocycles. The molecule has 98 valence electrons. The van der Waals surface area contributed by atoms with Gasteiger partial charge in [0.05, 0.1) is 22.5 Å². The van der Waals surface area contributed by atoms with Crippen LogP contribution in [0.3, 0.4) is 0 Å². The van der Waals surface area contributed by atoms with E-state index in [0.717, 1.165) is 0 Å². The van der Waals surface area contributed by atoms with Gasteiger partial charge in [0.2, 0.25) is 0 Å². The zero-order valence-corrected chi connectivity index (χ0v) is 11.6. The van der Waals surface area contributed by atoms with E-state index < -0.39 is 24.9 Å². The predicted octanol–water partition coefficient (Wildman–Crippen LogP) is -0.181. The molecule has 0 saturated carbocycles. The molecule has 2 N–H and O–H groups in total. The van der Waals surface area contributed by atoms with Gasteiger partial charge in [-0.15, -0.1) is 0 Å². The summed E-state index contributed by atoms with van der Waals surface area (Å²) < 4.78 is 46.0. The lowest BCUT2D eigenvalue weighted by molar-refractivity contribution is 0.570. The first-order chi connectivity index (χ1) is 7.10. The molecule has 1 atom stereocenters. The lowest BCUT2D eigenvalue weighted by Gasteiger charge is -2.11. The highest BCUT2D eigenvalue weighted by atomic mass is 32.2. The Morgan fingerprint density at radius 2 is 1.50 bits per heavy atom. The number of nitrogens with two attached hydrogens (primary N) is 1. The molecular formula is C9H21NO4S2. The van der Waals surface area contributed by atoms with Crippen LogP contribution in [-0.2, 0) is 19.7 Å². The Kier molecular flexibility index (Phi) is 5.92. The Morgan fingerprint density at radius 1 is 1.00 bits per heavy atom. The number of rotatable bonds is 7. The minimum atomic E-state index is -3.32. The third-order valence-corrected chi connectivity index (χ3v) is 6.71. The molecule has 5 nitrogen and oxygen atoms in total. The quantitative estimate of drug-likeness (QED) is 0.693. The normalized spacial score (nSPS) is 15.3. The van der Waals surface area contributed by atoms with Crippen molar-refractivity contribution in [1.82, 2.24) is 0 Å². The summed E-state index contributed by atoms with van der Waals surface area (Å²) in [6.45, 7) is 5.11. The van der Waals surface area contributed by atoms with Crippen molar-refractivity contribution in [1.29, 1.82) is 0 Å². The van der Waals surface area contributed by atoms with Crippen molar-refractivity contribution in [3.8, 4) is 0 Å². The van der Waals surface area contributed by atoms with Gasteiger partial charge in [-0.3, -0.25) is 0 Å². The molecule has 7 heteroatoms. The van der Waals surface area contributed by atoms with E-state index in [1.54, 1.807) is 20.8 Å². The fourth-order valence-electron chi connectivity index (χ4n) is 1.06. The molecule has 0 amide bonds. The van der Waals surface area contributed by atoms with Gasteiger partial charge in [0.15, 0.2) is 19.7 Å². The molecule has 0 radical (unpaired) electrons. The minimum Gasteiger partial charge on any atom is -0.330 e. The van der Waals surface area contributed by atoms with Gasteiger partial charge in [0, 0.05) is 0 Å². The van der Waals surface area contributed by atoms with E-state index in [9.17, 15) is 16.8 Å². The minimum absolute atomic E-state index is 0.0445. The molecule has 0 fully saturated rings. The van der Waals surface area contributed by atoms with Gasteiger partial charge in [-0.1, -0.05) is 6.92 Å². The van der Waals surface area contributed by atoms with Crippen LogP contribution in [0.5, 0.6) is 0 Å². The maximum Gasteiger partial charge on any atom is 0.153 e. The Balaban J connectivity index is 4.42. The molecule has 0 aromatic carbocycles. The average molecular weight is 271 g/mol. The molecule has 0 rings (SSSR count). The Bertz CT molecular complexity index is 397. The fourth-order valence-corrected chi connectivity index (χ4v) is 4.65. The van der Waals surface area contributed by atoms with Gasteiger partial charge >= 0.3 is 0 Å². The summed E-state index contributed by atoms with van der Waals surface area (Å²) in [6, 6.07) is 0. The van der Waals surface area contributed by atoms with Crippen molar-refractivity contribution in [2.45, 2.75) is 26.0 Å². The molecule has 1 unspecified atom stereocenters. The van der Waals surface area contributed by atoms with Crippen LogP contribution in [0.2, 0.25) is 0 Å². The summed E-state index contributed by atoms with van der Waals surface area (Å²) in [4.78, 5) is 0. The molecule has 0 aliphatic carbocycles. The highest BCUT2D eigenvalue weighted by Crippen LogP contribution is 2.05. The van der Waals surface area contributed by atoms with Crippen LogP contribution < -0.4 is 5.73 Å². The van der Waals surface area contributed by atoms with Crippen molar-refractivity contribution < 1.29 is 16.8 Å². The predicted molar refractivity (Wildman–Crippen MR) is 65.8 cm³/mol. The summed E-state index contributed by atoms with van der Waals surface area (Å²) in [7, 11) is -6.60. The van der Waals surface area contributed by atoms with E-state index >= 15 is 0 Å². The van der Waals surface area contributed by atoms with Gasteiger partial charge in [0.25, 0.3) is 0 Å². The Hall–Kier alpha value is -0.140. The highest BCUT2D eigenvalue weighted by molar-refractivity contribution is 7.95. The van der Waals surface area contributed by atoms with E-state index in [1.165, 1.54) is 0 Å². The summed E-state index contributed by atoms with van der Waals surface area (Å²) in [5.41, 5.74) is 5.33. The summed E-state index contributed by atoms with van der Waals surface area (Å²) in [6.07, 6.45) is 0. The van der Waals surface area contributed by atoms with E-state index in [4.69, 9.17) is 5.73 Å². The Labute approximate surface area is 98.2 Å². The zero-order chi connectivity index (χ0) is 13.0. The first-order valence-electron chi connectivity index (χ1n) is 5.23. The topological polar surface area (TPSA) is 94.3 Å². The van der Waals surface area contributed by atoms with E-state index in [1.807, 2.05) is 0 Å². The van der Waals surface area contributed by atoms with Gasteiger partial charge < -0.3 is 5.73 Å². The molecule has 0 aromatic heterocycles. The van der Waals surface area contributed by atoms with Gasteiger partial charge in [-0.2, -0.15) is 0 Å². The second kappa shape index (κ2) is 5.97. The van der Waals surface area contributed by atoms with E-state index in [-0.39, 0.29) is 29.7 Å². The van der Waals surface area contributed by atoms with Crippen LogP contribution >= 0.6 is 0 Å². The molecule has 0 bridgehead atoms. The second-order valence-electron chi connectivity index (χ2n) is 4.37. The monoisotopic (exact) mass is 271 g/mol. The Morgan fingerprint density at radius 3 is 1.88 bits per heavy atom. The maximum absolute atomic E-state index is 11.5. The first-order valence-corrected chi connectivity index (χ1v) is 8.76. The van der Waals surface area contributed by atoms with Crippen molar-refractivity contribution in [3.05, 3.63) is 0 Å². The van der Waals surface area contributed by atoms with Crippen molar-refractivity contribution in [3.63, 3.8) is 0 Å². The number of sulfone groups is 2. The van der Waals surface area contributed by atoms with Gasteiger partial charge in [-0.25, -0.2) is 16.8 Å². The second-order valence-corrected chi connectivity index (χ2v) is 9.28. The lowest BCUT2D eigenvalue weighted by Crippen LogP contribution is -2.28. The van der Waals surface area contributed by atoms with Gasteiger partial charge in [-0.05, 0) is 26.3 Å². The van der Waals surface area contributed by atoms with Crippen molar-refractivity contribution in [2.24, 2.45) is 11.7 Å². The largest absolute Gasteiger partial charge is 0.330 e. The highest BCUT2D eigenvalue weighted by Gasteiger charge is 2.22. The van der Waals surface area contributed by atoms with Crippen LogP contribution in [0, 0.1) is 5.92 Å². The molecule has 16 heavy (non-hydrogen) atoms. The summed E-state index contributed by atoms with van der Waals surface area (Å²) in [5, 5.41) is -0.533. The van der Waals surface area contributed by atoms with Crippen molar-refractivity contribution >= 4 is 19.7 Å². The maximum atomic E-state index is 11.5. The van der Waals surface area contributed by atoms with Crippen LogP contribution in [0.15, 0.2) is 0 Å². The standard InChI is InChI=1S/C9H21NO4S2/c1-8(2)16(13,14)5-4-15(11,12)7-9(3)6-10/h8-9H,4-7,10H2,1-3H3. The summed E-state index contributed by atoms with van der Waals surface area (Å²) >= 11 is 0. The molecule has 0 aromatic rings. The average Bonchev–Trinajstić information content (AvgIpc) is 2.14. The lowest BCUT2D eigenvalue weighted by atomic mass is 10.2. The van der Waals surface area contributed by atoms with E-state index in [0.29, 0.717) is 0 Å². The molecule has 0 heterocycles. The van der Waals surface area contributed by atoms with Crippen LogP contribution in [0.4, 0.5) is 0 Å². The first kappa shape index (κ1) is 15.9. The van der Waals surface area contributed by atoms with Crippen LogP contribution in [0.1, 0.15) is 20.8 Å². The zero-order valence-electron chi connectivity index (χ0n) is 10.0. The van der Waals surface area contributed by atoms with Crippen LogP contribution in [0.25, 0.3) is 0 Å². The third kappa shape index (κ3) is 5.81. The van der Waals surface area contributed by atoms with Crippen LogP contribution in [-0.4, -0.2) is 45.9 Å².